The molecule has 0 spiro atoms. The fraction of sp³-hybridized carbons (Fsp3) is 0.294. The number of hydrogen-bond donors (Lipinski definition) is 1. The lowest BCUT2D eigenvalue weighted by Gasteiger charge is -2.22. The van der Waals surface area contributed by atoms with Crippen LogP contribution in [0.3, 0.4) is 0 Å². The Labute approximate surface area is 124 Å². The van der Waals surface area contributed by atoms with Crippen LogP contribution in [0.5, 0.6) is 0 Å². The number of nitrogen functional groups attached to an aromatic ring is 1. The summed E-state index contributed by atoms with van der Waals surface area (Å²) in [5.41, 5.74) is 9.31. The van der Waals surface area contributed by atoms with Crippen molar-refractivity contribution in [2.45, 2.75) is 25.7 Å². The van der Waals surface area contributed by atoms with Gasteiger partial charge in [0.2, 0.25) is 5.91 Å². The molecule has 21 heavy (non-hydrogen) atoms. The second kappa shape index (κ2) is 5.95. The molecule has 0 saturated heterocycles. The molecular formula is C17H19N3O. The fourth-order valence-corrected chi connectivity index (χ4v) is 2.74. The zero-order valence-electron chi connectivity index (χ0n) is 12.0. The van der Waals surface area contributed by atoms with Gasteiger partial charge in [0.1, 0.15) is 0 Å². The number of carbonyl (C=O) groups excluding carboxylic acids is 1. The third-order valence-corrected chi connectivity index (χ3v) is 3.84. The molecule has 2 heterocycles. The molecule has 0 fully saturated rings. The monoisotopic (exact) mass is 281 g/mol. The van der Waals surface area contributed by atoms with Crippen molar-refractivity contribution in [3.05, 3.63) is 53.9 Å². The molecule has 0 unspecified atom stereocenters. The molecule has 0 saturated carbocycles. The van der Waals surface area contributed by atoms with Crippen molar-refractivity contribution in [2.24, 2.45) is 0 Å². The minimum Gasteiger partial charge on any atom is -0.397 e. The summed E-state index contributed by atoms with van der Waals surface area (Å²) < 4.78 is 0. The number of amides is 1. The molecule has 1 aliphatic heterocycles. The number of rotatable bonds is 2. The van der Waals surface area contributed by atoms with E-state index in [1.807, 2.05) is 29.2 Å². The molecule has 0 radical (unpaired) electrons. The van der Waals surface area contributed by atoms with E-state index in [4.69, 9.17) is 5.73 Å². The van der Waals surface area contributed by atoms with Gasteiger partial charge < -0.3 is 10.6 Å². The average molecular weight is 281 g/mol. The van der Waals surface area contributed by atoms with E-state index < -0.39 is 0 Å². The summed E-state index contributed by atoms with van der Waals surface area (Å²) >= 11 is 0. The first-order chi connectivity index (χ1) is 10.2. The minimum absolute atomic E-state index is 0.0987. The van der Waals surface area contributed by atoms with Crippen molar-refractivity contribution in [2.75, 3.05) is 17.2 Å². The van der Waals surface area contributed by atoms with Crippen molar-refractivity contribution in [3.8, 4) is 0 Å². The summed E-state index contributed by atoms with van der Waals surface area (Å²) in [5, 5.41) is 0. The quantitative estimate of drug-likeness (QED) is 0.920. The third kappa shape index (κ3) is 3.05. The van der Waals surface area contributed by atoms with Gasteiger partial charge in [0.25, 0.3) is 0 Å². The Morgan fingerprint density at radius 3 is 2.86 bits per heavy atom. The van der Waals surface area contributed by atoms with Crippen molar-refractivity contribution in [1.29, 1.82) is 0 Å². The van der Waals surface area contributed by atoms with E-state index in [1.54, 1.807) is 12.3 Å². The Morgan fingerprint density at radius 2 is 2.05 bits per heavy atom. The van der Waals surface area contributed by atoms with Crippen LogP contribution < -0.4 is 10.6 Å². The van der Waals surface area contributed by atoms with Gasteiger partial charge in [0, 0.05) is 17.9 Å². The molecule has 0 aliphatic carbocycles. The molecule has 1 aromatic carbocycles. The van der Waals surface area contributed by atoms with Gasteiger partial charge in [-0.3, -0.25) is 9.78 Å². The number of anilines is 2. The second-order valence-corrected chi connectivity index (χ2v) is 5.39. The molecule has 1 aromatic heterocycles. The van der Waals surface area contributed by atoms with Gasteiger partial charge in [-0.15, -0.1) is 0 Å². The van der Waals surface area contributed by atoms with Gasteiger partial charge in [0.05, 0.1) is 18.3 Å². The van der Waals surface area contributed by atoms with Gasteiger partial charge in [-0.2, -0.15) is 0 Å². The van der Waals surface area contributed by atoms with Gasteiger partial charge in [-0.05, 0) is 43.0 Å². The van der Waals surface area contributed by atoms with Crippen LogP contribution in [0.1, 0.15) is 24.1 Å². The minimum atomic E-state index is 0.0987. The van der Waals surface area contributed by atoms with Crippen LogP contribution in [-0.2, 0) is 17.6 Å². The fourth-order valence-electron chi connectivity index (χ4n) is 2.74. The first-order valence-corrected chi connectivity index (χ1v) is 7.33. The Hall–Kier alpha value is -2.36. The molecule has 0 atom stereocenters. The van der Waals surface area contributed by atoms with E-state index in [9.17, 15) is 4.79 Å². The van der Waals surface area contributed by atoms with Gasteiger partial charge in [-0.25, -0.2) is 0 Å². The SMILES string of the molecule is Nc1ccc(CC(=O)N2CCCCc3ccccc32)nc1. The third-order valence-electron chi connectivity index (χ3n) is 3.84. The number of aryl methyl sites for hydroxylation is 1. The highest BCUT2D eigenvalue weighted by atomic mass is 16.2. The molecule has 4 heteroatoms. The highest BCUT2D eigenvalue weighted by Gasteiger charge is 2.21. The number of fused-ring (bicyclic) bond motifs is 1. The van der Waals surface area contributed by atoms with E-state index in [2.05, 4.69) is 11.1 Å². The predicted molar refractivity (Wildman–Crippen MR) is 84.1 cm³/mol. The Morgan fingerprint density at radius 1 is 1.19 bits per heavy atom. The van der Waals surface area contributed by atoms with E-state index >= 15 is 0 Å². The number of aromatic nitrogens is 1. The molecular weight excluding hydrogens is 262 g/mol. The lowest BCUT2D eigenvalue weighted by Crippen LogP contribution is -2.33. The lowest BCUT2D eigenvalue weighted by atomic mass is 10.1. The molecule has 1 aliphatic rings. The summed E-state index contributed by atoms with van der Waals surface area (Å²) in [6.45, 7) is 0.783. The summed E-state index contributed by atoms with van der Waals surface area (Å²) in [6.07, 6.45) is 5.12. The van der Waals surface area contributed by atoms with Crippen molar-refractivity contribution in [3.63, 3.8) is 0 Å². The zero-order chi connectivity index (χ0) is 14.7. The van der Waals surface area contributed by atoms with E-state index in [0.29, 0.717) is 12.1 Å². The standard InChI is InChI=1S/C17H19N3O/c18-14-8-9-15(19-12-14)11-17(21)20-10-4-3-6-13-5-1-2-7-16(13)20/h1-2,5,7-9,12H,3-4,6,10-11,18H2. The highest BCUT2D eigenvalue weighted by Crippen LogP contribution is 2.26. The first-order valence-electron chi connectivity index (χ1n) is 7.33. The van der Waals surface area contributed by atoms with E-state index in [-0.39, 0.29) is 5.91 Å². The summed E-state index contributed by atoms with van der Waals surface area (Å²) in [5.74, 6) is 0.0987. The van der Waals surface area contributed by atoms with Crippen molar-refractivity contribution < 1.29 is 4.79 Å². The molecule has 2 aromatic rings. The maximum atomic E-state index is 12.6. The number of carbonyl (C=O) groups is 1. The molecule has 3 rings (SSSR count). The van der Waals surface area contributed by atoms with Crippen LogP contribution in [0, 0.1) is 0 Å². The van der Waals surface area contributed by atoms with Crippen LogP contribution >= 0.6 is 0 Å². The van der Waals surface area contributed by atoms with Crippen LogP contribution in [0.4, 0.5) is 11.4 Å². The number of hydrogen-bond acceptors (Lipinski definition) is 3. The first kappa shape index (κ1) is 13.6. The molecule has 108 valence electrons. The number of nitrogens with zero attached hydrogens (tertiary/aromatic N) is 2. The molecule has 0 bridgehead atoms. The average Bonchev–Trinajstić information content (AvgIpc) is 2.72. The van der Waals surface area contributed by atoms with E-state index in [0.717, 1.165) is 37.2 Å². The van der Waals surface area contributed by atoms with Gasteiger partial charge in [0.15, 0.2) is 0 Å². The van der Waals surface area contributed by atoms with Crippen LogP contribution in [0.2, 0.25) is 0 Å². The van der Waals surface area contributed by atoms with Crippen LogP contribution in [0.15, 0.2) is 42.6 Å². The normalized spacial score (nSPS) is 14.4. The van der Waals surface area contributed by atoms with Crippen LogP contribution in [-0.4, -0.2) is 17.4 Å². The highest BCUT2D eigenvalue weighted by molar-refractivity contribution is 5.95. The summed E-state index contributed by atoms with van der Waals surface area (Å²) in [6, 6.07) is 11.8. The Bertz CT molecular complexity index is 637. The molecule has 4 nitrogen and oxygen atoms in total. The van der Waals surface area contributed by atoms with Gasteiger partial charge >= 0.3 is 0 Å². The van der Waals surface area contributed by atoms with Crippen molar-refractivity contribution in [1.82, 2.24) is 4.98 Å². The van der Waals surface area contributed by atoms with Gasteiger partial charge in [-0.1, -0.05) is 18.2 Å². The Kier molecular flexibility index (Phi) is 3.86. The van der Waals surface area contributed by atoms with E-state index in [1.165, 1.54) is 5.56 Å². The second-order valence-electron chi connectivity index (χ2n) is 5.39. The molecule has 1 amide bonds. The Balaban J connectivity index is 1.82. The zero-order valence-corrected chi connectivity index (χ0v) is 12.0. The number of para-hydroxylation sites is 1. The van der Waals surface area contributed by atoms with Crippen LogP contribution in [0.25, 0.3) is 0 Å². The smallest absolute Gasteiger partial charge is 0.233 e. The number of benzene rings is 1. The predicted octanol–water partition coefficient (Wildman–Crippen LogP) is 2.58. The topological polar surface area (TPSA) is 59.2 Å². The molecule has 2 N–H and O–H groups in total. The summed E-state index contributed by atoms with van der Waals surface area (Å²) in [4.78, 5) is 18.7. The number of nitrogens with two attached hydrogens (primary N) is 1. The number of pyridine rings is 1. The van der Waals surface area contributed by atoms with Crippen molar-refractivity contribution >= 4 is 17.3 Å². The lowest BCUT2D eigenvalue weighted by molar-refractivity contribution is -0.118. The summed E-state index contributed by atoms with van der Waals surface area (Å²) in [7, 11) is 0. The largest absolute Gasteiger partial charge is 0.397 e. The maximum Gasteiger partial charge on any atom is 0.233 e. The maximum absolute atomic E-state index is 12.6.